The van der Waals surface area contributed by atoms with Gasteiger partial charge < -0.3 is 4.57 Å². The second-order valence-corrected chi connectivity index (χ2v) is 3.61. The van der Waals surface area contributed by atoms with Crippen molar-refractivity contribution in [2.24, 2.45) is 0 Å². The predicted molar refractivity (Wildman–Crippen MR) is 58.3 cm³/mol. The van der Waals surface area contributed by atoms with Gasteiger partial charge in [0.2, 0.25) is 0 Å². The molecule has 0 unspecified atom stereocenters. The maximum atomic E-state index is 12.4. The van der Waals surface area contributed by atoms with Crippen molar-refractivity contribution in [3.8, 4) is 17.5 Å². The molecule has 2 aromatic rings. The number of nitriles is 1. The molecule has 0 saturated heterocycles. The Morgan fingerprint density at radius 1 is 1.22 bits per heavy atom. The van der Waals surface area contributed by atoms with E-state index in [0.717, 1.165) is 12.1 Å². The second kappa shape index (κ2) is 4.53. The summed E-state index contributed by atoms with van der Waals surface area (Å²) in [4.78, 5) is 4.03. The van der Waals surface area contributed by atoms with Crippen LogP contribution in [-0.2, 0) is 12.7 Å². The second-order valence-electron chi connectivity index (χ2n) is 3.61. The van der Waals surface area contributed by atoms with Crippen molar-refractivity contribution < 1.29 is 13.2 Å². The van der Waals surface area contributed by atoms with Crippen molar-refractivity contribution in [2.45, 2.75) is 12.7 Å². The monoisotopic (exact) mass is 251 g/mol. The molecule has 3 nitrogen and oxygen atoms in total. The van der Waals surface area contributed by atoms with E-state index >= 15 is 0 Å². The molecule has 18 heavy (non-hydrogen) atoms. The Bertz CT molecular complexity index is 576. The largest absolute Gasteiger partial charge is 0.416 e. The van der Waals surface area contributed by atoms with Crippen LogP contribution in [0.25, 0.3) is 11.4 Å². The molecule has 6 heteroatoms. The van der Waals surface area contributed by atoms with Gasteiger partial charge in [-0.15, -0.1) is 0 Å². The van der Waals surface area contributed by atoms with Crippen molar-refractivity contribution in [3.05, 3.63) is 42.2 Å². The number of hydrogen-bond acceptors (Lipinski definition) is 2. The average molecular weight is 251 g/mol. The standard InChI is InChI=1S/C12H8F3N3/c13-12(14,15)10-3-1-9(2-4-10)11-17-6-8-18(11)7-5-16/h1-4,6,8H,7H2. The molecule has 0 bridgehead atoms. The van der Waals surface area contributed by atoms with Crippen LogP contribution in [0.5, 0.6) is 0 Å². The van der Waals surface area contributed by atoms with Crippen LogP contribution in [-0.4, -0.2) is 9.55 Å². The van der Waals surface area contributed by atoms with Crippen molar-refractivity contribution in [3.63, 3.8) is 0 Å². The average Bonchev–Trinajstić information content (AvgIpc) is 2.77. The molecule has 0 N–H and O–H groups in total. The molecule has 0 aliphatic heterocycles. The summed E-state index contributed by atoms with van der Waals surface area (Å²) >= 11 is 0. The van der Waals surface area contributed by atoms with Gasteiger partial charge in [-0.05, 0) is 12.1 Å². The van der Waals surface area contributed by atoms with Crippen molar-refractivity contribution in [2.75, 3.05) is 0 Å². The molecular formula is C12H8F3N3. The minimum absolute atomic E-state index is 0.107. The van der Waals surface area contributed by atoms with E-state index in [2.05, 4.69) is 4.98 Å². The fourth-order valence-corrected chi connectivity index (χ4v) is 1.58. The van der Waals surface area contributed by atoms with Crippen LogP contribution in [0, 0.1) is 11.3 Å². The van der Waals surface area contributed by atoms with Crippen molar-refractivity contribution in [1.82, 2.24) is 9.55 Å². The van der Waals surface area contributed by atoms with Gasteiger partial charge in [0.05, 0.1) is 11.6 Å². The first-order valence-corrected chi connectivity index (χ1v) is 5.08. The zero-order chi connectivity index (χ0) is 13.2. The van der Waals surface area contributed by atoms with Gasteiger partial charge in [0.25, 0.3) is 0 Å². The Balaban J connectivity index is 2.35. The molecular weight excluding hydrogens is 243 g/mol. The molecule has 0 aliphatic carbocycles. The molecule has 1 heterocycles. The van der Waals surface area contributed by atoms with Crippen LogP contribution < -0.4 is 0 Å². The number of nitrogens with zero attached hydrogens (tertiary/aromatic N) is 3. The lowest BCUT2D eigenvalue weighted by atomic mass is 10.1. The topological polar surface area (TPSA) is 41.6 Å². The predicted octanol–water partition coefficient (Wildman–Crippen LogP) is 3.09. The third-order valence-electron chi connectivity index (χ3n) is 2.43. The highest BCUT2D eigenvalue weighted by Crippen LogP contribution is 2.30. The van der Waals surface area contributed by atoms with E-state index in [0.29, 0.717) is 11.4 Å². The summed E-state index contributed by atoms with van der Waals surface area (Å²) < 4.78 is 38.8. The van der Waals surface area contributed by atoms with Gasteiger partial charge in [-0.2, -0.15) is 18.4 Å². The Morgan fingerprint density at radius 3 is 2.44 bits per heavy atom. The minimum atomic E-state index is -4.35. The zero-order valence-corrected chi connectivity index (χ0v) is 9.15. The number of aromatic nitrogens is 2. The smallest absolute Gasteiger partial charge is 0.317 e. The van der Waals surface area contributed by atoms with E-state index in [9.17, 15) is 13.2 Å². The summed E-state index contributed by atoms with van der Waals surface area (Å²) in [5.41, 5.74) is -0.159. The molecule has 1 aromatic heterocycles. The third-order valence-corrected chi connectivity index (χ3v) is 2.43. The maximum Gasteiger partial charge on any atom is 0.416 e. The lowest BCUT2D eigenvalue weighted by Crippen LogP contribution is -2.04. The van der Waals surface area contributed by atoms with Gasteiger partial charge in [-0.3, -0.25) is 0 Å². The third kappa shape index (κ3) is 2.35. The quantitative estimate of drug-likeness (QED) is 0.823. The van der Waals surface area contributed by atoms with E-state index in [-0.39, 0.29) is 6.54 Å². The summed E-state index contributed by atoms with van der Waals surface area (Å²) in [7, 11) is 0. The number of rotatable bonds is 2. The van der Waals surface area contributed by atoms with Crippen LogP contribution in [0.15, 0.2) is 36.7 Å². The van der Waals surface area contributed by atoms with Crippen LogP contribution in [0.2, 0.25) is 0 Å². The first kappa shape index (κ1) is 12.2. The number of alkyl halides is 3. The lowest BCUT2D eigenvalue weighted by Gasteiger charge is -2.08. The maximum absolute atomic E-state index is 12.4. The molecule has 0 aliphatic rings. The first-order chi connectivity index (χ1) is 8.52. The van der Waals surface area contributed by atoms with Crippen LogP contribution in [0.1, 0.15) is 5.56 Å². The molecule has 92 valence electrons. The van der Waals surface area contributed by atoms with Gasteiger partial charge in [0.1, 0.15) is 12.4 Å². The zero-order valence-electron chi connectivity index (χ0n) is 9.15. The number of halogens is 3. The van der Waals surface area contributed by atoms with E-state index in [1.165, 1.54) is 18.3 Å². The highest BCUT2D eigenvalue weighted by atomic mass is 19.4. The van der Waals surface area contributed by atoms with Crippen LogP contribution in [0.3, 0.4) is 0 Å². The Labute approximate surface area is 101 Å². The van der Waals surface area contributed by atoms with Crippen molar-refractivity contribution >= 4 is 0 Å². The van der Waals surface area contributed by atoms with Gasteiger partial charge in [-0.1, -0.05) is 12.1 Å². The van der Waals surface area contributed by atoms with Gasteiger partial charge >= 0.3 is 6.18 Å². The number of benzene rings is 1. The Hall–Kier alpha value is -2.29. The molecule has 0 atom stereocenters. The van der Waals surface area contributed by atoms with E-state index in [4.69, 9.17) is 5.26 Å². The van der Waals surface area contributed by atoms with Gasteiger partial charge in [0.15, 0.2) is 0 Å². The Morgan fingerprint density at radius 2 is 1.89 bits per heavy atom. The van der Waals surface area contributed by atoms with Gasteiger partial charge in [0, 0.05) is 18.0 Å². The highest BCUT2D eigenvalue weighted by Gasteiger charge is 2.30. The summed E-state index contributed by atoms with van der Waals surface area (Å²) in [6, 6.07) is 6.65. The normalized spacial score (nSPS) is 11.2. The molecule has 0 spiro atoms. The summed E-state index contributed by atoms with van der Waals surface area (Å²) in [5, 5.41) is 8.61. The summed E-state index contributed by atoms with van der Waals surface area (Å²) in [6.07, 6.45) is -1.23. The first-order valence-electron chi connectivity index (χ1n) is 5.08. The molecule has 0 saturated carbocycles. The van der Waals surface area contributed by atoms with E-state index in [1.807, 2.05) is 6.07 Å². The molecule has 0 amide bonds. The van der Waals surface area contributed by atoms with Crippen LogP contribution >= 0.6 is 0 Å². The number of imidazole rings is 1. The number of hydrogen-bond donors (Lipinski definition) is 0. The summed E-state index contributed by atoms with van der Waals surface area (Å²) in [5.74, 6) is 0.477. The molecule has 1 aromatic carbocycles. The molecule has 0 radical (unpaired) electrons. The summed E-state index contributed by atoms with van der Waals surface area (Å²) in [6.45, 7) is 0.107. The molecule has 0 fully saturated rings. The SMILES string of the molecule is N#CCn1ccnc1-c1ccc(C(F)(F)F)cc1. The molecule has 2 rings (SSSR count). The Kier molecular flexibility index (Phi) is 3.06. The fourth-order valence-electron chi connectivity index (χ4n) is 1.58. The van der Waals surface area contributed by atoms with Gasteiger partial charge in [-0.25, -0.2) is 4.98 Å². The highest BCUT2D eigenvalue weighted by molar-refractivity contribution is 5.56. The van der Waals surface area contributed by atoms with E-state index < -0.39 is 11.7 Å². The minimum Gasteiger partial charge on any atom is -0.317 e. The fraction of sp³-hybridized carbons (Fsp3) is 0.167. The lowest BCUT2D eigenvalue weighted by molar-refractivity contribution is -0.137. The van der Waals surface area contributed by atoms with Crippen molar-refractivity contribution in [1.29, 1.82) is 5.26 Å². The van der Waals surface area contributed by atoms with Crippen LogP contribution in [0.4, 0.5) is 13.2 Å². The van der Waals surface area contributed by atoms with E-state index in [1.54, 1.807) is 10.8 Å².